The molecule has 1 aromatic heterocycles. The van der Waals surface area contributed by atoms with E-state index in [1.165, 1.54) is 25.7 Å². The van der Waals surface area contributed by atoms with Crippen LogP contribution in [-0.2, 0) is 6.54 Å². The highest BCUT2D eigenvalue weighted by atomic mass is 35.5. The van der Waals surface area contributed by atoms with Gasteiger partial charge in [-0.05, 0) is 44.4 Å². The highest BCUT2D eigenvalue weighted by Crippen LogP contribution is 2.29. The van der Waals surface area contributed by atoms with Crippen molar-refractivity contribution in [3.63, 3.8) is 0 Å². The van der Waals surface area contributed by atoms with Crippen molar-refractivity contribution in [2.75, 3.05) is 18.0 Å². The van der Waals surface area contributed by atoms with Crippen molar-refractivity contribution in [1.82, 2.24) is 10.3 Å². The molecule has 0 aromatic carbocycles. The molecule has 1 aliphatic heterocycles. The average molecular weight is 296 g/mol. The molecule has 4 heteroatoms. The van der Waals surface area contributed by atoms with E-state index in [4.69, 9.17) is 11.6 Å². The van der Waals surface area contributed by atoms with Gasteiger partial charge in [-0.2, -0.15) is 0 Å². The predicted octanol–water partition coefficient (Wildman–Crippen LogP) is 4.00. The molecule has 1 unspecified atom stereocenters. The van der Waals surface area contributed by atoms with Crippen LogP contribution >= 0.6 is 11.6 Å². The topological polar surface area (TPSA) is 28.2 Å². The Kier molecular flexibility index (Phi) is 6.11. The molecule has 0 spiro atoms. The molecule has 3 nitrogen and oxygen atoms in total. The number of nitrogens with one attached hydrogen (secondary N) is 1. The standard InChI is InChI=1S/C16H26ClN3/c1-3-8-18-11-14-10-15(17)16(19-12-14)20-9-6-4-5-7-13(20)2/h10,12-13,18H,3-9,11H2,1-2H3. The zero-order valence-electron chi connectivity index (χ0n) is 12.7. The van der Waals surface area contributed by atoms with Crippen LogP contribution in [0.2, 0.25) is 5.02 Å². The van der Waals surface area contributed by atoms with Crippen molar-refractivity contribution >= 4 is 17.4 Å². The molecule has 1 aromatic rings. The number of pyridine rings is 1. The smallest absolute Gasteiger partial charge is 0.147 e. The second kappa shape index (κ2) is 7.84. The maximum Gasteiger partial charge on any atom is 0.147 e. The summed E-state index contributed by atoms with van der Waals surface area (Å²) in [5.74, 6) is 0.959. The first kappa shape index (κ1) is 15.6. The van der Waals surface area contributed by atoms with Crippen LogP contribution in [0.1, 0.15) is 51.5 Å². The number of anilines is 1. The average Bonchev–Trinajstić information content (AvgIpc) is 2.64. The van der Waals surface area contributed by atoms with E-state index < -0.39 is 0 Å². The quantitative estimate of drug-likeness (QED) is 0.832. The van der Waals surface area contributed by atoms with Crippen LogP contribution in [-0.4, -0.2) is 24.1 Å². The van der Waals surface area contributed by atoms with Crippen molar-refractivity contribution < 1.29 is 0 Å². The van der Waals surface area contributed by atoms with Gasteiger partial charge in [-0.3, -0.25) is 0 Å². The number of hydrogen-bond donors (Lipinski definition) is 1. The maximum atomic E-state index is 6.46. The summed E-state index contributed by atoms with van der Waals surface area (Å²) in [6, 6.07) is 2.59. The number of hydrogen-bond acceptors (Lipinski definition) is 3. The molecule has 0 amide bonds. The van der Waals surface area contributed by atoms with E-state index in [0.717, 1.165) is 42.5 Å². The lowest BCUT2D eigenvalue weighted by Crippen LogP contribution is -2.33. The maximum absolute atomic E-state index is 6.46. The SMILES string of the molecule is CCCNCc1cnc(N2CCCCCC2C)c(Cl)c1. The number of halogens is 1. The summed E-state index contributed by atoms with van der Waals surface area (Å²) in [5, 5.41) is 4.17. The molecule has 1 saturated heterocycles. The molecule has 0 saturated carbocycles. The Morgan fingerprint density at radius 2 is 2.25 bits per heavy atom. The first-order valence-corrected chi connectivity index (χ1v) is 8.22. The van der Waals surface area contributed by atoms with Gasteiger partial charge in [0.15, 0.2) is 0 Å². The molecule has 20 heavy (non-hydrogen) atoms. The molecule has 1 atom stereocenters. The second-order valence-electron chi connectivity index (χ2n) is 5.72. The summed E-state index contributed by atoms with van der Waals surface area (Å²) in [4.78, 5) is 7.00. The first-order valence-electron chi connectivity index (χ1n) is 7.84. The van der Waals surface area contributed by atoms with E-state index in [2.05, 4.69) is 35.1 Å². The number of nitrogens with zero attached hydrogens (tertiary/aromatic N) is 2. The number of rotatable bonds is 5. The second-order valence-corrected chi connectivity index (χ2v) is 6.12. The van der Waals surface area contributed by atoms with Crippen LogP contribution in [0.4, 0.5) is 5.82 Å². The van der Waals surface area contributed by atoms with Gasteiger partial charge in [0.05, 0.1) is 5.02 Å². The van der Waals surface area contributed by atoms with Gasteiger partial charge in [-0.25, -0.2) is 4.98 Å². The monoisotopic (exact) mass is 295 g/mol. The molecule has 1 N–H and O–H groups in total. The molecular weight excluding hydrogens is 270 g/mol. The van der Waals surface area contributed by atoms with Gasteiger partial charge in [-0.1, -0.05) is 31.4 Å². The fourth-order valence-corrected chi connectivity index (χ4v) is 3.07. The molecular formula is C16H26ClN3. The summed E-state index contributed by atoms with van der Waals surface area (Å²) in [5.41, 5.74) is 1.16. The number of aromatic nitrogens is 1. The fourth-order valence-electron chi connectivity index (χ4n) is 2.78. The van der Waals surface area contributed by atoms with Gasteiger partial charge < -0.3 is 10.2 Å². The van der Waals surface area contributed by atoms with E-state index >= 15 is 0 Å². The normalized spacial score (nSPS) is 19.9. The molecule has 0 bridgehead atoms. The van der Waals surface area contributed by atoms with Crippen LogP contribution in [0.5, 0.6) is 0 Å². The third kappa shape index (κ3) is 4.10. The molecule has 1 fully saturated rings. The van der Waals surface area contributed by atoms with E-state index in [1.54, 1.807) is 0 Å². The van der Waals surface area contributed by atoms with Crippen LogP contribution in [0, 0.1) is 0 Å². The third-order valence-electron chi connectivity index (χ3n) is 3.96. The minimum atomic E-state index is 0.534. The highest BCUT2D eigenvalue weighted by molar-refractivity contribution is 6.33. The summed E-state index contributed by atoms with van der Waals surface area (Å²) in [6.07, 6.45) is 8.21. The molecule has 2 heterocycles. The van der Waals surface area contributed by atoms with E-state index in [9.17, 15) is 0 Å². The molecule has 0 radical (unpaired) electrons. The van der Waals surface area contributed by atoms with Crippen molar-refractivity contribution in [3.05, 3.63) is 22.8 Å². The Hall–Kier alpha value is -0.800. The van der Waals surface area contributed by atoms with E-state index in [0.29, 0.717) is 6.04 Å². The Morgan fingerprint density at radius 3 is 3.00 bits per heavy atom. The van der Waals surface area contributed by atoms with Crippen LogP contribution in [0.15, 0.2) is 12.3 Å². The van der Waals surface area contributed by atoms with E-state index in [1.807, 2.05) is 6.20 Å². The lowest BCUT2D eigenvalue weighted by atomic mass is 10.1. The van der Waals surface area contributed by atoms with Gasteiger partial charge in [0.1, 0.15) is 5.82 Å². The van der Waals surface area contributed by atoms with Crippen LogP contribution in [0.25, 0.3) is 0 Å². The fraction of sp³-hybridized carbons (Fsp3) is 0.688. The summed E-state index contributed by atoms with van der Waals surface area (Å²) >= 11 is 6.46. The van der Waals surface area contributed by atoms with Crippen molar-refractivity contribution in [2.24, 2.45) is 0 Å². The van der Waals surface area contributed by atoms with Crippen LogP contribution in [0.3, 0.4) is 0 Å². The highest BCUT2D eigenvalue weighted by Gasteiger charge is 2.20. The summed E-state index contributed by atoms with van der Waals surface area (Å²) in [7, 11) is 0. The summed E-state index contributed by atoms with van der Waals surface area (Å²) < 4.78 is 0. The lowest BCUT2D eigenvalue weighted by Gasteiger charge is -2.29. The van der Waals surface area contributed by atoms with Crippen molar-refractivity contribution in [1.29, 1.82) is 0 Å². The van der Waals surface area contributed by atoms with Gasteiger partial charge in [-0.15, -0.1) is 0 Å². The Balaban J connectivity index is 2.07. The largest absolute Gasteiger partial charge is 0.353 e. The third-order valence-corrected chi connectivity index (χ3v) is 4.24. The first-order chi connectivity index (χ1) is 9.72. The molecule has 2 rings (SSSR count). The summed E-state index contributed by atoms with van der Waals surface area (Å²) in [6.45, 7) is 7.39. The Bertz CT molecular complexity index is 422. The van der Waals surface area contributed by atoms with Crippen LogP contribution < -0.4 is 10.2 Å². The van der Waals surface area contributed by atoms with Gasteiger partial charge in [0.2, 0.25) is 0 Å². The van der Waals surface area contributed by atoms with E-state index in [-0.39, 0.29) is 0 Å². The predicted molar refractivity (Wildman–Crippen MR) is 86.5 cm³/mol. The van der Waals surface area contributed by atoms with Crippen molar-refractivity contribution in [3.8, 4) is 0 Å². The lowest BCUT2D eigenvalue weighted by molar-refractivity contribution is 0.610. The van der Waals surface area contributed by atoms with Gasteiger partial charge in [0, 0.05) is 25.3 Å². The van der Waals surface area contributed by atoms with Gasteiger partial charge >= 0.3 is 0 Å². The molecule has 1 aliphatic rings. The zero-order chi connectivity index (χ0) is 14.4. The molecule has 112 valence electrons. The Labute approximate surface area is 127 Å². The minimum Gasteiger partial charge on any atom is -0.353 e. The zero-order valence-corrected chi connectivity index (χ0v) is 13.4. The van der Waals surface area contributed by atoms with Gasteiger partial charge in [0.25, 0.3) is 0 Å². The Morgan fingerprint density at radius 1 is 1.40 bits per heavy atom. The minimum absolute atomic E-state index is 0.534. The molecule has 0 aliphatic carbocycles. The van der Waals surface area contributed by atoms with Crippen molar-refractivity contribution in [2.45, 2.75) is 58.5 Å².